The number of nitrogen functional groups attached to an aromatic ring is 1. The Morgan fingerprint density at radius 3 is 2.72 bits per heavy atom. The van der Waals surface area contributed by atoms with Crippen LogP contribution in [0.15, 0.2) is 53.8 Å². The summed E-state index contributed by atoms with van der Waals surface area (Å²) in [5.74, 6) is 1.68. The van der Waals surface area contributed by atoms with Gasteiger partial charge in [0.05, 0.1) is 10.6 Å². The summed E-state index contributed by atoms with van der Waals surface area (Å²) in [5.41, 5.74) is 8.35. The van der Waals surface area contributed by atoms with E-state index in [1.54, 1.807) is 29.3 Å². The van der Waals surface area contributed by atoms with Gasteiger partial charge < -0.3 is 10.3 Å². The molecule has 4 rings (SSSR count). The van der Waals surface area contributed by atoms with E-state index in [9.17, 15) is 0 Å². The minimum atomic E-state index is 0.731. The van der Waals surface area contributed by atoms with Gasteiger partial charge in [-0.25, -0.2) is 4.98 Å². The molecule has 25 heavy (non-hydrogen) atoms. The number of thiophene rings is 1. The number of hydrogen-bond acceptors (Lipinski definition) is 6. The Morgan fingerprint density at radius 2 is 1.96 bits per heavy atom. The molecule has 0 radical (unpaired) electrons. The van der Waals surface area contributed by atoms with Gasteiger partial charge in [0.2, 0.25) is 0 Å². The number of nitrogens with zero attached hydrogens (tertiary/aromatic N) is 4. The number of hydrogen-bond donors (Lipinski definition) is 1. The van der Waals surface area contributed by atoms with Gasteiger partial charge >= 0.3 is 0 Å². The predicted octanol–water partition coefficient (Wildman–Crippen LogP) is 4.45. The van der Waals surface area contributed by atoms with Crippen molar-refractivity contribution in [3.63, 3.8) is 0 Å². The standard InChI is InChI=1S/C18H17N5S2/c1-2-23-16(15-14(19)13-9-6-10-20-17(13)25-15)21-22-18(23)24-11-12-7-4-3-5-8-12/h3-10H,2,11,19H2,1H3. The molecule has 1 aromatic carbocycles. The van der Waals surface area contributed by atoms with E-state index in [2.05, 4.69) is 50.9 Å². The zero-order chi connectivity index (χ0) is 17.2. The molecule has 0 aliphatic heterocycles. The van der Waals surface area contributed by atoms with Crippen LogP contribution in [-0.2, 0) is 12.3 Å². The lowest BCUT2D eigenvalue weighted by Crippen LogP contribution is -2.00. The van der Waals surface area contributed by atoms with Crippen LogP contribution in [0.25, 0.3) is 20.9 Å². The van der Waals surface area contributed by atoms with Crippen LogP contribution in [0.3, 0.4) is 0 Å². The van der Waals surface area contributed by atoms with Crippen LogP contribution in [0, 0.1) is 0 Å². The molecule has 7 heteroatoms. The van der Waals surface area contributed by atoms with E-state index in [0.29, 0.717) is 0 Å². The smallest absolute Gasteiger partial charge is 0.191 e. The van der Waals surface area contributed by atoms with Crippen LogP contribution in [0.4, 0.5) is 5.69 Å². The fourth-order valence-electron chi connectivity index (χ4n) is 2.69. The third-order valence-electron chi connectivity index (χ3n) is 3.95. The molecular formula is C18H17N5S2. The highest BCUT2D eigenvalue weighted by Gasteiger charge is 2.19. The van der Waals surface area contributed by atoms with Crippen LogP contribution < -0.4 is 5.73 Å². The Kier molecular flexibility index (Phi) is 4.42. The SMILES string of the molecule is CCn1c(SCc2ccccc2)nnc1-c1sc2ncccc2c1N. The molecule has 3 heterocycles. The molecule has 0 aliphatic carbocycles. The van der Waals surface area contributed by atoms with Crippen molar-refractivity contribution in [3.05, 3.63) is 54.2 Å². The first-order valence-electron chi connectivity index (χ1n) is 8.01. The first kappa shape index (κ1) is 16.1. The monoisotopic (exact) mass is 367 g/mol. The molecule has 0 saturated heterocycles. The van der Waals surface area contributed by atoms with Crippen LogP contribution >= 0.6 is 23.1 Å². The number of rotatable bonds is 5. The second-order valence-corrected chi connectivity index (χ2v) is 7.47. The summed E-state index contributed by atoms with van der Waals surface area (Å²) in [7, 11) is 0. The molecule has 0 aliphatic rings. The first-order chi connectivity index (χ1) is 12.3. The molecule has 4 aromatic rings. The molecule has 2 N–H and O–H groups in total. The molecule has 0 atom stereocenters. The maximum Gasteiger partial charge on any atom is 0.191 e. The fourth-order valence-corrected chi connectivity index (χ4v) is 4.70. The molecule has 0 unspecified atom stereocenters. The number of nitrogens with two attached hydrogens (primary N) is 1. The number of fused-ring (bicyclic) bond motifs is 1. The van der Waals surface area contributed by atoms with Crippen LogP contribution in [0.5, 0.6) is 0 Å². The molecule has 0 saturated carbocycles. The molecule has 0 spiro atoms. The highest BCUT2D eigenvalue weighted by Crippen LogP contribution is 2.39. The van der Waals surface area contributed by atoms with Gasteiger partial charge in [0.25, 0.3) is 0 Å². The van der Waals surface area contributed by atoms with Crippen molar-refractivity contribution in [1.82, 2.24) is 19.7 Å². The largest absolute Gasteiger partial charge is 0.397 e. The van der Waals surface area contributed by atoms with Gasteiger partial charge in [-0.05, 0) is 24.6 Å². The third kappa shape index (κ3) is 3.01. The summed E-state index contributed by atoms with van der Waals surface area (Å²) in [5, 5.41) is 10.7. The zero-order valence-electron chi connectivity index (χ0n) is 13.7. The number of aromatic nitrogens is 4. The van der Waals surface area contributed by atoms with Crippen molar-refractivity contribution >= 4 is 39.0 Å². The Labute approximate surface area is 153 Å². The van der Waals surface area contributed by atoms with Crippen molar-refractivity contribution in [2.24, 2.45) is 0 Å². The fraction of sp³-hybridized carbons (Fsp3) is 0.167. The maximum absolute atomic E-state index is 6.35. The maximum atomic E-state index is 6.35. The summed E-state index contributed by atoms with van der Waals surface area (Å²) in [6.07, 6.45) is 1.79. The van der Waals surface area contributed by atoms with Gasteiger partial charge in [0.1, 0.15) is 4.83 Å². The molecule has 0 fully saturated rings. The second kappa shape index (κ2) is 6.85. The van der Waals surface area contributed by atoms with E-state index in [1.807, 2.05) is 18.2 Å². The van der Waals surface area contributed by atoms with Gasteiger partial charge in [-0.3, -0.25) is 0 Å². The van der Waals surface area contributed by atoms with E-state index >= 15 is 0 Å². The summed E-state index contributed by atoms with van der Waals surface area (Å²) in [6.45, 7) is 2.89. The highest BCUT2D eigenvalue weighted by molar-refractivity contribution is 7.98. The van der Waals surface area contributed by atoms with Crippen molar-refractivity contribution in [2.45, 2.75) is 24.4 Å². The van der Waals surface area contributed by atoms with Crippen molar-refractivity contribution in [3.8, 4) is 10.7 Å². The lowest BCUT2D eigenvalue weighted by molar-refractivity contribution is 0.688. The minimum absolute atomic E-state index is 0.731. The van der Waals surface area contributed by atoms with Crippen molar-refractivity contribution in [2.75, 3.05) is 5.73 Å². The summed E-state index contributed by atoms with van der Waals surface area (Å²) < 4.78 is 2.12. The zero-order valence-corrected chi connectivity index (χ0v) is 15.3. The minimum Gasteiger partial charge on any atom is -0.397 e. The van der Waals surface area contributed by atoms with Gasteiger partial charge in [-0.1, -0.05) is 42.1 Å². The van der Waals surface area contributed by atoms with Crippen LogP contribution in [0.2, 0.25) is 0 Å². The quantitative estimate of drug-likeness (QED) is 0.528. The van der Waals surface area contributed by atoms with E-state index in [4.69, 9.17) is 5.73 Å². The number of benzene rings is 1. The number of pyridine rings is 1. The molecule has 0 bridgehead atoms. The first-order valence-corrected chi connectivity index (χ1v) is 9.81. The number of thioether (sulfide) groups is 1. The average molecular weight is 368 g/mol. The van der Waals surface area contributed by atoms with Gasteiger partial charge in [-0.2, -0.15) is 0 Å². The van der Waals surface area contributed by atoms with Crippen LogP contribution in [0.1, 0.15) is 12.5 Å². The molecule has 3 aromatic heterocycles. The molecule has 126 valence electrons. The Hall–Kier alpha value is -2.38. The summed E-state index contributed by atoms with van der Waals surface area (Å²) in [6, 6.07) is 14.3. The number of anilines is 1. The summed E-state index contributed by atoms with van der Waals surface area (Å²) >= 11 is 3.26. The predicted molar refractivity (Wildman–Crippen MR) is 105 cm³/mol. The molecule has 0 amide bonds. The topological polar surface area (TPSA) is 69.6 Å². The normalized spacial score (nSPS) is 11.2. The molecule has 5 nitrogen and oxygen atoms in total. The average Bonchev–Trinajstić information content (AvgIpc) is 3.21. The van der Waals surface area contributed by atoms with E-state index in [-0.39, 0.29) is 0 Å². The molecular weight excluding hydrogens is 350 g/mol. The van der Waals surface area contributed by atoms with Gasteiger partial charge in [0.15, 0.2) is 11.0 Å². The Balaban J connectivity index is 1.68. The van der Waals surface area contributed by atoms with Crippen LogP contribution in [-0.4, -0.2) is 19.7 Å². The lowest BCUT2D eigenvalue weighted by atomic mass is 10.2. The third-order valence-corrected chi connectivity index (χ3v) is 6.11. The van der Waals surface area contributed by atoms with E-state index in [0.717, 1.165) is 44.1 Å². The Bertz CT molecular complexity index is 1010. The highest BCUT2D eigenvalue weighted by atomic mass is 32.2. The van der Waals surface area contributed by atoms with Gasteiger partial charge in [0, 0.05) is 23.9 Å². The summed E-state index contributed by atoms with van der Waals surface area (Å²) in [4.78, 5) is 6.27. The lowest BCUT2D eigenvalue weighted by Gasteiger charge is -2.06. The van der Waals surface area contributed by atoms with E-state index < -0.39 is 0 Å². The van der Waals surface area contributed by atoms with E-state index in [1.165, 1.54) is 5.56 Å². The Morgan fingerprint density at radius 1 is 1.12 bits per heavy atom. The van der Waals surface area contributed by atoms with Gasteiger partial charge in [-0.15, -0.1) is 21.5 Å². The van der Waals surface area contributed by atoms with Crippen molar-refractivity contribution in [1.29, 1.82) is 0 Å². The van der Waals surface area contributed by atoms with Crippen molar-refractivity contribution < 1.29 is 0 Å². The second-order valence-electron chi connectivity index (χ2n) is 5.53.